The molecule has 0 saturated heterocycles. The van der Waals surface area contributed by atoms with Gasteiger partial charge in [0.1, 0.15) is 0 Å². The monoisotopic (exact) mass is 334 g/mol. The van der Waals surface area contributed by atoms with E-state index in [0.717, 1.165) is 12.8 Å². The average Bonchev–Trinajstić information content (AvgIpc) is 3.46. The Labute approximate surface area is 140 Å². The summed E-state index contributed by atoms with van der Waals surface area (Å²) in [5, 5.41) is 5.76. The van der Waals surface area contributed by atoms with Crippen molar-refractivity contribution in [2.24, 2.45) is 11.8 Å². The van der Waals surface area contributed by atoms with Crippen LogP contribution in [0.5, 0.6) is 17.2 Å². The molecular formula is C17H22N2O5. The van der Waals surface area contributed by atoms with Gasteiger partial charge < -0.3 is 24.8 Å². The van der Waals surface area contributed by atoms with Crippen LogP contribution in [0.1, 0.15) is 19.3 Å². The van der Waals surface area contributed by atoms with E-state index >= 15 is 0 Å². The van der Waals surface area contributed by atoms with Crippen LogP contribution >= 0.6 is 0 Å². The molecule has 0 bridgehead atoms. The van der Waals surface area contributed by atoms with E-state index in [1.165, 1.54) is 21.3 Å². The maximum Gasteiger partial charge on any atom is 0.228 e. The summed E-state index contributed by atoms with van der Waals surface area (Å²) in [4.78, 5) is 24.3. The minimum Gasteiger partial charge on any atom is -0.493 e. The van der Waals surface area contributed by atoms with Crippen molar-refractivity contribution in [2.75, 3.05) is 26.6 Å². The highest BCUT2D eigenvalue weighted by Crippen LogP contribution is 2.42. The number of carbonyl (C=O) groups is 2. The molecule has 1 aromatic carbocycles. The molecule has 130 valence electrons. The molecule has 0 aromatic heterocycles. The minimum absolute atomic E-state index is 0.0115. The molecule has 0 spiro atoms. The molecule has 24 heavy (non-hydrogen) atoms. The molecule has 7 nitrogen and oxygen atoms in total. The summed E-state index contributed by atoms with van der Waals surface area (Å²) in [7, 11) is 4.55. The lowest BCUT2D eigenvalue weighted by Gasteiger charge is -2.14. The van der Waals surface area contributed by atoms with Gasteiger partial charge in [0.05, 0.1) is 33.2 Å². The summed E-state index contributed by atoms with van der Waals surface area (Å²) in [6.07, 6.45) is 2.68. The number of hydrogen-bond donors (Lipinski definition) is 2. The third-order valence-corrected chi connectivity index (χ3v) is 4.32. The lowest BCUT2D eigenvalue weighted by Crippen LogP contribution is -2.29. The number of ether oxygens (including phenoxy) is 3. The number of methoxy groups -OCH3 is 3. The number of nitrogens with one attached hydrogen (secondary N) is 2. The molecule has 1 aromatic rings. The van der Waals surface area contributed by atoms with Crippen LogP contribution in [-0.2, 0) is 9.59 Å². The van der Waals surface area contributed by atoms with Crippen molar-refractivity contribution >= 4 is 17.5 Å². The summed E-state index contributed by atoms with van der Waals surface area (Å²) in [6, 6.07) is 3.65. The zero-order valence-corrected chi connectivity index (χ0v) is 14.0. The van der Waals surface area contributed by atoms with E-state index in [1.54, 1.807) is 12.1 Å². The largest absolute Gasteiger partial charge is 0.493 e. The van der Waals surface area contributed by atoms with Gasteiger partial charge in [-0.05, 0) is 19.3 Å². The SMILES string of the molecule is COc1cc(NC(=O)C2CC2C(=O)NC2CC2)cc(OC)c1OC. The average molecular weight is 334 g/mol. The Morgan fingerprint density at radius 1 is 0.958 bits per heavy atom. The number of benzene rings is 1. The lowest BCUT2D eigenvalue weighted by atomic mass is 10.2. The fourth-order valence-electron chi connectivity index (χ4n) is 2.70. The quantitative estimate of drug-likeness (QED) is 0.790. The first kappa shape index (κ1) is 16.4. The number of carbonyl (C=O) groups excluding carboxylic acids is 2. The predicted molar refractivity (Wildman–Crippen MR) is 87.5 cm³/mol. The van der Waals surface area contributed by atoms with Crippen LogP contribution in [0, 0.1) is 11.8 Å². The van der Waals surface area contributed by atoms with E-state index in [-0.39, 0.29) is 23.7 Å². The van der Waals surface area contributed by atoms with Gasteiger partial charge in [0, 0.05) is 23.9 Å². The number of hydrogen-bond acceptors (Lipinski definition) is 5. The fourth-order valence-corrected chi connectivity index (χ4v) is 2.70. The summed E-state index contributed by atoms with van der Waals surface area (Å²) in [6.45, 7) is 0. The second-order valence-corrected chi connectivity index (χ2v) is 6.13. The Balaban J connectivity index is 1.65. The van der Waals surface area contributed by atoms with Crippen molar-refractivity contribution < 1.29 is 23.8 Å². The van der Waals surface area contributed by atoms with Gasteiger partial charge in [0.15, 0.2) is 11.5 Å². The van der Waals surface area contributed by atoms with Crippen molar-refractivity contribution in [3.63, 3.8) is 0 Å². The fraction of sp³-hybridized carbons (Fsp3) is 0.529. The van der Waals surface area contributed by atoms with Gasteiger partial charge >= 0.3 is 0 Å². The maximum atomic E-state index is 12.3. The van der Waals surface area contributed by atoms with Crippen LogP contribution in [0.3, 0.4) is 0 Å². The molecule has 2 saturated carbocycles. The normalized spacial score (nSPS) is 21.6. The highest BCUT2D eigenvalue weighted by Gasteiger charge is 2.48. The molecule has 0 radical (unpaired) electrons. The van der Waals surface area contributed by atoms with Crippen molar-refractivity contribution in [3.8, 4) is 17.2 Å². The molecule has 2 N–H and O–H groups in total. The molecule has 2 amide bonds. The van der Waals surface area contributed by atoms with Crippen molar-refractivity contribution in [3.05, 3.63) is 12.1 Å². The van der Waals surface area contributed by atoms with Crippen molar-refractivity contribution in [2.45, 2.75) is 25.3 Å². The topological polar surface area (TPSA) is 85.9 Å². The van der Waals surface area contributed by atoms with Crippen LogP contribution in [0.25, 0.3) is 0 Å². The van der Waals surface area contributed by atoms with Crippen LogP contribution in [0.2, 0.25) is 0 Å². The van der Waals surface area contributed by atoms with Crippen LogP contribution in [0.15, 0.2) is 12.1 Å². The minimum atomic E-state index is -0.275. The summed E-state index contributed by atoms with van der Waals surface area (Å²) < 4.78 is 15.8. The number of amides is 2. The standard InChI is InChI=1S/C17H22N2O5/c1-22-13-6-10(7-14(23-2)15(13)24-3)19-17(21)12-8-11(12)16(20)18-9-4-5-9/h6-7,9,11-12H,4-5,8H2,1-3H3,(H,18,20)(H,19,21). The van der Waals surface area contributed by atoms with Crippen LogP contribution in [-0.4, -0.2) is 39.2 Å². The first-order valence-corrected chi connectivity index (χ1v) is 7.98. The van der Waals surface area contributed by atoms with Crippen molar-refractivity contribution in [1.29, 1.82) is 0 Å². The van der Waals surface area contributed by atoms with E-state index in [1.807, 2.05) is 0 Å². The molecule has 2 atom stereocenters. The smallest absolute Gasteiger partial charge is 0.228 e. The van der Waals surface area contributed by atoms with Gasteiger partial charge in [0.25, 0.3) is 0 Å². The summed E-state index contributed by atoms with van der Waals surface area (Å²) in [5.41, 5.74) is 0.544. The van der Waals surface area contributed by atoms with Gasteiger partial charge in [-0.3, -0.25) is 9.59 Å². The van der Waals surface area contributed by atoms with Crippen LogP contribution in [0.4, 0.5) is 5.69 Å². The van der Waals surface area contributed by atoms with Crippen LogP contribution < -0.4 is 24.8 Å². The van der Waals surface area contributed by atoms with E-state index in [4.69, 9.17) is 14.2 Å². The Bertz CT molecular complexity index is 631. The highest BCUT2D eigenvalue weighted by atomic mass is 16.5. The molecule has 2 unspecified atom stereocenters. The Hall–Kier alpha value is -2.44. The van der Waals surface area contributed by atoms with E-state index in [2.05, 4.69) is 10.6 Å². The molecule has 2 aliphatic rings. The van der Waals surface area contributed by atoms with Gasteiger partial charge in [0.2, 0.25) is 17.6 Å². The van der Waals surface area contributed by atoms with E-state index in [0.29, 0.717) is 35.4 Å². The summed E-state index contributed by atoms with van der Waals surface area (Å²) >= 11 is 0. The van der Waals surface area contributed by atoms with Gasteiger partial charge in [-0.15, -0.1) is 0 Å². The highest BCUT2D eigenvalue weighted by molar-refractivity contribution is 6.00. The first-order chi connectivity index (χ1) is 11.6. The zero-order valence-electron chi connectivity index (χ0n) is 14.0. The maximum absolute atomic E-state index is 12.3. The molecule has 7 heteroatoms. The molecule has 0 aliphatic heterocycles. The molecule has 0 heterocycles. The number of anilines is 1. The first-order valence-electron chi connectivity index (χ1n) is 7.98. The van der Waals surface area contributed by atoms with E-state index in [9.17, 15) is 9.59 Å². The Morgan fingerprint density at radius 3 is 2.04 bits per heavy atom. The zero-order chi connectivity index (χ0) is 17.3. The molecular weight excluding hydrogens is 312 g/mol. The predicted octanol–water partition coefficient (Wildman–Crippen LogP) is 1.57. The van der Waals surface area contributed by atoms with Crippen molar-refractivity contribution in [1.82, 2.24) is 5.32 Å². The second-order valence-electron chi connectivity index (χ2n) is 6.13. The number of rotatable bonds is 7. The van der Waals surface area contributed by atoms with E-state index < -0.39 is 0 Å². The second kappa shape index (κ2) is 6.59. The van der Waals surface area contributed by atoms with Gasteiger partial charge in [-0.25, -0.2) is 0 Å². The lowest BCUT2D eigenvalue weighted by molar-refractivity contribution is -0.125. The van der Waals surface area contributed by atoms with Gasteiger partial charge in [-0.2, -0.15) is 0 Å². The molecule has 2 fully saturated rings. The molecule has 3 rings (SSSR count). The third kappa shape index (κ3) is 3.39. The Kier molecular flexibility index (Phi) is 4.51. The molecule has 2 aliphatic carbocycles. The summed E-state index contributed by atoms with van der Waals surface area (Å²) in [5.74, 6) is 0.723. The van der Waals surface area contributed by atoms with Gasteiger partial charge in [-0.1, -0.05) is 0 Å². The third-order valence-electron chi connectivity index (χ3n) is 4.32. The Morgan fingerprint density at radius 2 is 1.54 bits per heavy atom.